The van der Waals surface area contributed by atoms with Crippen LogP contribution >= 0.6 is 10.7 Å². The molecule has 11 heavy (non-hydrogen) atoms. The minimum atomic E-state index is -3.63. The first-order valence-corrected chi connectivity index (χ1v) is 5.43. The highest BCUT2D eigenvalue weighted by Crippen LogP contribution is 1.97. The third-order valence-electron chi connectivity index (χ3n) is 1.25. The van der Waals surface area contributed by atoms with Gasteiger partial charge in [0.15, 0.2) is 0 Å². The van der Waals surface area contributed by atoms with Gasteiger partial charge in [0.05, 0.1) is 13.2 Å². The van der Waals surface area contributed by atoms with Crippen molar-refractivity contribution in [1.82, 2.24) is 9.84 Å². The Balaban J connectivity index is 2.36. The minimum absolute atomic E-state index is 0.527. The number of morpholine rings is 1. The Morgan fingerprint density at radius 2 is 1.91 bits per heavy atom. The predicted octanol–water partition coefficient (Wildman–Crippen LogP) is -0.693. The molecule has 0 aromatic rings. The normalized spacial score (nSPS) is 21.9. The number of hydrazine groups is 1. The smallest absolute Gasteiger partial charge is 0.310 e. The van der Waals surface area contributed by atoms with Gasteiger partial charge in [-0.3, -0.25) is 0 Å². The van der Waals surface area contributed by atoms with E-state index >= 15 is 0 Å². The van der Waals surface area contributed by atoms with Crippen LogP contribution < -0.4 is 4.83 Å². The van der Waals surface area contributed by atoms with Crippen molar-refractivity contribution in [1.29, 1.82) is 0 Å². The molecule has 0 bridgehead atoms. The molecule has 0 spiro atoms. The Morgan fingerprint density at radius 1 is 1.36 bits per heavy atom. The maximum atomic E-state index is 10.5. The Hall–Kier alpha value is 0.120. The van der Waals surface area contributed by atoms with Crippen molar-refractivity contribution < 1.29 is 13.2 Å². The fraction of sp³-hybridized carbons (Fsp3) is 1.00. The summed E-state index contributed by atoms with van der Waals surface area (Å²) in [7, 11) is 1.31. The summed E-state index contributed by atoms with van der Waals surface area (Å²) >= 11 is 0. The van der Waals surface area contributed by atoms with Crippen LogP contribution in [0, 0.1) is 0 Å². The average Bonchev–Trinajstić information content (AvgIpc) is 1.85. The Kier molecular flexibility index (Phi) is 3.08. The summed E-state index contributed by atoms with van der Waals surface area (Å²) in [6.07, 6.45) is 0. The molecule has 7 heteroatoms. The molecule has 0 aliphatic carbocycles. The molecule has 0 radical (unpaired) electrons. The molecule has 1 heterocycles. The van der Waals surface area contributed by atoms with Crippen LogP contribution in [0.25, 0.3) is 0 Å². The molecular weight excluding hydrogens is 192 g/mol. The van der Waals surface area contributed by atoms with Crippen molar-refractivity contribution in [3.63, 3.8) is 0 Å². The first-order valence-electron chi connectivity index (χ1n) is 3.13. The second kappa shape index (κ2) is 3.68. The largest absolute Gasteiger partial charge is 0.379 e. The highest BCUT2D eigenvalue weighted by Gasteiger charge is 2.14. The van der Waals surface area contributed by atoms with E-state index in [-0.39, 0.29) is 0 Å². The zero-order valence-corrected chi connectivity index (χ0v) is 7.36. The fourth-order valence-electron chi connectivity index (χ4n) is 0.809. The summed E-state index contributed by atoms with van der Waals surface area (Å²) in [6.45, 7) is 2.12. The van der Waals surface area contributed by atoms with Crippen molar-refractivity contribution in [2.24, 2.45) is 0 Å². The van der Waals surface area contributed by atoms with Crippen molar-refractivity contribution in [2.45, 2.75) is 0 Å². The zero-order valence-electron chi connectivity index (χ0n) is 5.79. The van der Waals surface area contributed by atoms with E-state index in [9.17, 15) is 8.42 Å². The highest BCUT2D eigenvalue weighted by atomic mass is 35.7. The number of hydrogen-bond donors (Lipinski definition) is 1. The lowest BCUT2D eigenvalue weighted by molar-refractivity contribution is 0.0276. The molecule has 0 unspecified atom stereocenters. The van der Waals surface area contributed by atoms with E-state index in [1.54, 1.807) is 0 Å². The summed E-state index contributed by atoms with van der Waals surface area (Å²) in [5.41, 5.74) is 0. The predicted molar refractivity (Wildman–Crippen MR) is 40.3 cm³/mol. The highest BCUT2D eigenvalue weighted by molar-refractivity contribution is 8.12. The van der Waals surface area contributed by atoms with Gasteiger partial charge in [0.25, 0.3) is 0 Å². The first kappa shape index (κ1) is 9.21. The van der Waals surface area contributed by atoms with Crippen LogP contribution in [0.5, 0.6) is 0 Å². The van der Waals surface area contributed by atoms with Crippen LogP contribution in [0.2, 0.25) is 0 Å². The molecule has 1 N–H and O–H groups in total. The molecule has 1 saturated heterocycles. The summed E-state index contributed by atoms with van der Waals surface area (Å²) in [4.78, 5) is 2.15. The number of nitrogens with zero attached hydrogens (tertiary/aromatic N) is 1. The van der Waals surface area contributed by atoms with Gasteiger partial charge in [-0.15, -0.1) is 4.83 Å². The van der Waals surface area contributed by atoms with Crippen LogP contribution in [0.4, 0.5) is 0 Å². The molecule has 1 fully saturated rings. The summed E-state index contributed by atoms with van der Waals surface area (Å²) in [5, 5.41) is 1.51. The zero-order chi connectivity index (χ0) is 8.32. The summed E-state index contributed by atoms with van der Waals surface area (Å²) in [6, 6.07) is 0. The van der Waals surface area contributed by atoms with Crippen molar-refractivity contribution in [3.8, 4) is 0 Å². The second-order valence-electron chi connectivity index (χ2n) is 2.13. The number of nitrogens with one attached hydrogen (secondary N) is 1. The number of halogens is 1. The first-order chi connectivity index (χ1) is 5.08. The molecule has 5 nitrogen and oxygen atoms in total. The van der Waals surface area contributed by atoms with Crippen molar-refractivity contribution >= 4 is 19.9 Å². The Morgan fingerprint density at radius 3 is 2.36 bits per heavy atom. The van der Waals surface area contributed by atoms with Gasteiger partial charge in [-0.2, -0.15) is 8.42 Å². The van der Waals surface area contributed by atoms with E-state index < -0.39 is 9.24 Å². The van der Waals surface area contributed by atoms with Gasteiger partial charge >= 0.3 is 9.24 Å². The fourth-order valence-corrected chi connectivity index (χ4v) is 1.59. The van der Waals surface area contributed by atoms with Crippen LogP contribution in [0.1, 0.15) is 0 Å². The molecule has 1 aliphatic heterocycles. The number of rotatable bonds is 2. The SMILES string of the molecule is O=S(=O)(Cl)NN1CCOCC1. The summed E-state index contributed by atoms with van der Waals surface area (Å²) in [5.74, 6) is 0. The van der Waals surface area contributed by atoms with Crippen LogP contribution in [-0.2, 0) is 14.0 Å². The van der Waals surface area contributed by atoms with Crippen LogP contribution in [0.3, 0.4) is 0 Å². The topological polar surface area (TPSA) is 58.6 Å². The third kappa shape index (κ3) is 3.88. The molecule has 0 aromatic carbocycles. The van der Waals surface area contributed by atoms with Gasteiger partial charge in [0.2, 0.25) is 0 Å². The van der Waals surface area contributed by atoms with Crippen LogP contribution in [0.15, 0.2) is 0 Å². The molecule has 0 aromatic heterocycles. The van der Waals surface area contributed by atoms with E-state index in [0.29, 0.717) is 26.3 Å². The maximum Gasteiger partial charge on any atom is 0.310 e. The molecule has 66 valence electrons. The molecule has 0 saturated carbocycles. The molecule has 1 rings (SSSR count). The van der Waals surface area contributed by atoms with Gasteiger partial charge < -0.3 is 4.74 Å². The number of ether oxygens (including phenoxy) is 1. The monoisotopic (exact) mass is 200 g/mol. The average molecular weight is 201 g/mol. The standard InChI is InChI=1S/C4H9ClN2O3S/c5-11(8,9)6-7-1-3-10-4-2-7/h6H,1-4H2. The lowest BCUT2D eigenvalue weighted by atomic mass is 10.5. The maximum absolute atomic E-state index is 10.5. The van der Waals surface area contributed by atoms with Crippen molar-refractivity contribution in [2.75, 3.05) is 26.3 Å². The van der Waals surface area contributed by atoms with Crippen molar-refractivity contribution in [3.05, 3.63) is 0 Å². The third-order valence-corrected chi connectivity index (χ3v) is 1.93. The van der Waals surface area contributed by atoms with Gasteiger partial charge in [-0.1, -0.05) is 0 Å². The van der Waals surface area contributed by atoms with E-state index in [0.717, 1.165) is 0 Å². The van der Waals surface area contributed by atoms with E-state index in [2.05, 4.69) is 4.83 Å². The van der Waals surface area contributed by atoms with Gasteiger partial charge in [-0.05, 0) is 0 Å². The van der Waals surface area contributed by atoms with Gasteiger partial charge in [-0.25, -0.2) is 5.01 Å². The van der Waals surface area contributed by atoms with Crippen LogP contribution in [-0.4, -0.2) is 39.7 Å². The van der Waals surface area contributed by atoms with E-state index in [4.69, 9.17) is 15.4 Å². The van der Waals surface area contributed by atoms with Gasteiger partial charge in [0.1, 0.15) is 0 Å². The molecular formula is C4H9ClN2O3S. The lowest BCUT2D eigenvalue weighted by Gasteiger charge is -2.25. The molecule has 0 atom stereocenters. The van der Waals surface area contributed by atoms with E-state index in [1.807, 2.05) is 0 Å². The molecule has 0 amide bonds. The Bertz CT molecular complexity index is 211. The quantitative estimate of drug-likeness (QED) is 0.600. The minimum Gasteiger partial charge on any atom is -0.379 e. The van der Waals surface area contributed by atoms with E-state index in [1.165, 1.54) is 5.01 Å². The number of hydrogen-bond acceptors (Lipinski definition) is 4. The lowest BCUT2D eigenvalue weighted by Crippen LogP contribution is -2.46. The molecule has 1 aliphatic rings. The Labute approximate surface area is 69.8 Å². The summed E-state index contributed by atoms with van der Waals surface area (Å²) < 4.78 is 25.9. The second-order valence-corrected chi connectivity index (χ2v) is 4.41. The van der Waals surface area contributed by atoms with Gasteiger partial charge in [0, 0.05) is 23.8 Å².